The van der Waals surface area contributed by atoms with Gasteiger partial charge in [-0.1, -0.05) is 0 Å². The molecule has 1 aliphatic rings. The van der Waals surface area contributed by atoms with E-state index >= 15 is 0 Å². The van der Waals surface area contributed by atoms with Crippen molar-refractivity contribution in [1.29, 1.82) is 0 Å². The molecule has 3 heterocycles. The summed E-state index contributed by atoms with van der Waals surface area (Å²) in [6.07, 6.45) is 3.04. The third kappa shape index (κ3) is 4.31. The molecule has 0 bridgehead atoms. The SMILES string of the molecule is CCn1ncc(CN2CCCn3nc(CNC(=O)COC)cc3C2)c1C. The zero-order valence-corrected chi connectivity index (χ0v) is 15.9. The zero-order chi connectivity index (χ0) is 18.5. The van der Waals surface area contributed by atoms with Gasteiger partial charge in [-0.05, 0) is 26.3 Å². The first kappa shape index (κ1) is 18.6. The standard InChI is InChI=1S/C18H28N6O2/c1-4-23-14(2)15(9-20-23)11-22-6-5-7-24-17(12-22)8-16(21-24)10-19-18(25)13-26-3/h8-9H,4-7,10-13H2,1-3H3,(H,19,25). The summed E-state index contributed by atoms with van der Waals surface area (Å²) in [7, 11) is 1.51. The fourth-order valence-electron chi connectivity index (χ4n) is 3.38. The second kappa shape index (κ2) is 8.46. The molecular formula is C18H28N6O2. The van der Waals surface area contributed by atoms with E-state index in [0.29, 0.717) is 6.54 Å². The number of methoxy groups -OCH3 is 1. The molecule has 142 valence electrons. The molecule has 1 N–H and O–H groups in total. The summed E-state index contributed by atoms with van der Waals surface area (Å²) in [5.74, 6) is -0.124. The van der Waals surface area contributed by atoms with E-state index < -0.39 is 0 Å². The highest BCUT2D eigenvalue weighted by molar-refractivity contribution is 5.77. The number of nitrogens with zero attached hydrogens (tertiary/aromatic N) is 5. The molecule has 0 unspecified atom stereocenters. The lowest BCUT2D eigenvalue weighted by molar-refractivity contribution is -0.124. The largest absolute Gasteiger partial charge is 0.375 e. The Labute approximate surface area is 154 Å². The Hall–Kier alpha value is -2.19. The maximum atomic E-state index is 11.5. The normalized spacial score (nSPS) is 14.9. The van der Waals surface area contributed by atoms with Gasteiger partial charge in [0.05, 0.1) is 24.1 Å². The quantitative estimate of drug-likeness (QED) is 0.799. The van der Waals surface area contributed by atoms with Gasteiger partial charge >= 0.3 is 0 Å². The number of aryl methyl sites for hydroxylation is 2. The Morgan fingerprint density at radius 1 is 1.38 bits per heavy atom. The van der Waals surface area contributed by atoms with Crippen LogP contribution in [0.4, 0.5) is 0 Å². The fraction of sp³-hybridized carbons (Fsp3) is 0.611. The van der Waals surface area contributed by atoms with Crippen LogP contribution in [-0.2, 0) is 42.3 Å². The Morgan fingerprint density at radius 2 is 2.23 bits per heavy atom. The summed E-state index contributed by atoms with van der Waals surface area (Å²) < 4.78 is 8.94. The maximum absolute atomic E-state index is 11.5. The molecule has 2 aromatic heterocycles. The summed E-state index contributed by atoms with van der Waals surface area (Å²) in [5, 5.41) is 11.9. The first-order valence-electron chi connectivity index (χ1n) is 9.15. The van der Waals surface area contributed by atoms with E-state index in [1.165, 1.54) is 24.1 Å². The Bertz CT molecular complexity index is 751. The lowest BCUT2D eigenvalue weighted by atomic mass is 10.2. The molecule has 0 aromatic carbocycles. The van der Waals surface area contributed by atoms with E-state index in [4.69, 9.17) is 4.74 Å². The van der Waals surface area contributed by atoms with Crippen molar-refractivity contribution in [3.05, 3.63) is 34.9 Å². The van der Waals surface area contributed by atoms with E-state index in [2.05, 4.69) is 45.0 Å². The fourth-order valence-corrected chi connectivity index (χ4v) is 3.38. The third-order valence-electron chi connectivity index (χ3n) is 4.78. The molecule has 26 heavy (non-hydrogen) atoms. The minimum absolute atomic E-state index is 0.0755. The molecule has 0 aliphatic carbocycles. The first-order valence-corrected chi connectivity index (χ1v) is 9.15. The van der Waals surface area contributed by atoms with Crippen LogP contribution in [0.3, 0.4) is 0 Å². The molecule has 0 saturated carbocycles. The average molecular weight is 360 g/mol. The number of ether oxygens (including phenoxy) is 1. The second-order valence-electron chi connectivity index (χ2n) is 6.70. The van der Waals surface area contributed by atoms with Crippen molar-refractivity contribution in [1.82, 2.24) is 29.8 Å². The highest BCUT2D eigenvalue weighted by Crippen LogP contribution is 2.18. The number of fused-ring (bicyclic) bond motifs is 1. The minimum atomic E-state index is -0.124. The van der Waals surface area contributed by atoms with Crippen molar-refractivity contribution in [2.45, 2.75) is 53.0 Å². The highest BCUT2D eigenvalue weighted by atomic mass is 16.5. The van der Waals surface area contributed by atoms with Gasteiger partial charge in [-0.15, -0.1) is 0 Å². The van der Waals surface area contributed by atoms with Crippen LogP contribution in [-0.4, -0.2) is 50.6 Å². The minimum Gasteiger partial charge on any atom is -0.375 e. The molecule has 1 amide bonds. The van der Waals surface area contributed by atoms with Crippen molar-refractivity contribution in [3.63, 3.8) is 0 Å². The van der Waals surface area contributed by atoms with E-state index in [0.717, 1.165) is 44.8 Å². The van der Waals surface area contributed by atoms with E-state index in [9.17, 15) is 4.79 Å². The number of amides is 1. The molecule has 8 heteroatoms. The number of rotatable bonds is 7. The number of carbonyl (C=O) groups is 1. The smallest absolute Gasteiger partial charge is 0.246 e. The zero-order valence-electron chi connectivity index (χ0n) is 15.9. The van der Waals surface area contributed by atoms with Gasteiger partial charge in [0.15, 0.2) is 0 Å². The van der Waals surface area contributed by atoms with Crippen LogP contribution in [0.1, 0.15) is 36.0 Å². The molecule has 0 atom stereocenters. The summed E-state index contributed by atoms with van der Waals surface area (Å²) in [5.41, 5.74) is 4.61. The number of hydrogen-bond acceptors (Lipinski definition) is 5. The predicted molar refractivity (Wildman–Crippen MR) is 97.3 cm³/mol. The third-order valence-corrected chi connectivity index (χ3v) is 4.78. The van der Waals surface area contributed by atoms with E-state index in [1.807, 2.05) is 10.9 Å². The molecule has 2 aromatic rings. The summed E-state index contributed by atoms with van der Waals surface area (Å²) in [6, 6.07) is 2.09. The Morgan fingerprint density at radius 3 is 2.96 bits per heavy atom. The predicted octanol–water partition coefficient (Wildman–Crippen LogP) is 1.08. The maximum Gasteiger partial charge on any atom is 0.246 e. The molecule has 0 spiro atoms. The first-order chi connectivity index (χ1) is 12.6. The van der Waals surface area contributed by atoms with Crippen molar-refractivity contribution in [2.24, 2.45) is 0 Å². The van der Waals surface area contributed by atoms with Crippen LogP contribution >= 0.6 is 0 Å². The van der Waals surface area contributed by atoms with Crippen molar-refractivity contribution in [2.75, 3.05) is 20.3 Å². The van der Waals surface area contributed by atoms with Gasteiger partial charge in [0.2, 0.25) is 5.91 Å². The van der Waals surface area contributed by atoms with Crippen LogP contribution in [0.25, 0.3) is 0 Å². The molecule has 1 aliphatic heterocycles. The molecule has 0 fully saturated rings. The topological polar surface area (TPSA) is 77.2 Å². The van der Waals surface area contributed by atoms with E-state index in [-0.39, 0.29) is 12.5 Å². The van der Waals surface area contributed by atoms with Gasteiger partial charge in [0.25, 0.3) is 0 Å². The summed E-state index contributed by atoms with van der Waals surface area (Å²) in [4.78, 5) is 14.0. The van der Waals surface area contributed by atoms with Crippen molar-refractivity contribution in [3.8, 4) is 0 Å². The van der Waals surface area contributed by atoms with Gasteiger partial charge in [-0.25, -0.2) is 0 Å². The summed E-state index contributed by atoms with van der Waals surface area (Å²) >= 11 is 0. The van der Waals surface area contributed by atoms with Gasteiger partial charge < -0.3 is 10.1 Å². The number of hydrogen-bond donors (Lipinski definition) is 1. The van der Waals surface area contributed by atoms with Gasteiger partial charge in [0.1, 0.15) is 6.61 Å². The second-order valence-corrected chi connectivity index (χ2v) is 6.70. The van der Waals surface area contributed by atoms with Crippen LogP contribution < -0.4 is 5.32 Å². The van der Waals surface area contributed by atoms with Crippen LogP contribution in [0.15, 0.2) is 12.3 Å². The summed E-state index contributed by atoms with van der Waals surface area (Å²) in [6.45, 7) is 9.36. The molecule has 0 radical (unpaired) electrons. The van der Waals surface area contributed by atoms with Crippen molar-refractivity contribution >= 4 is 5.91 Å². The number of aromatic nitrogens is 4. The van der Waals surface area contributed by atoms with Crippen LogP contribution in [0.2, 0.25) is 0 Å². The Balaban J connectivity index is 1.64. The number of nitrogens with one attached hydrogen (secondary N) is 1. The lowest BCUT2D eigenvalue weighted by Gasteiger charge is -2.19. The van der Waals surface area contributed by atoms with Gasteiger partial charge in [0, 0.05) is 51.1 Å². The van der Waals surface area contributed by atoms with Gasteiger partial charge in [-0.3, -0.25) is 19.1 Å². The van der Waals surface area contributed by atoms with Gasteiger partial charge in [-0.2, -0.15) is 10.2 Å². The van der Waals surface area contributed by atoms with Crippen LogP contribution in [0, 0.1) is 6.92 Å². The van der Waals surface area contributed by atoms with Crippen LogP contribution in [0.5, 0.6) is 0 Å². The van der Waals surface area contributed by atoms with E-state index in [1.54, 1.807) is 0 Å². The van der Waals surface area contributed by atoms with Crippen molar-refractivity contribution < 1.29 is 9.53 Å². The molecule has 3 rings (SSSR count). The highest BCUT2D eigenvalue weighted by Gasteiger charge is 2.18. The molecule has 0 saturated heterocycles. The Kier molecular flexibility index (Phi) is 6.05. The lowest BCUT2D eigenvalue weighted by Crippen LogP contribution is -2.26. The molecule has 8 nitrogen and oxygen atoms in total. The number of carbonyl (C=O) groups excluding carboxylic acids is 1. The monoisotopic (exact) mass is 360 g/mol. The average Bonchev–Trinajstić information content (AvgIpc) is 3.11. The molecular weight excluding hydrogens is 332 g/mol.